The Morgan fingerprint density at radius 1 is 0.530 bits per heavy atom. The predicted molar refractivity (Wildman–Crippen MR) is 288 cm³/mol. The number of hydrogen-bond acceptors (Lipinski definition) is 2. The first-order valence-electron chi connectivity index (χ1n) is 23.9. The molecule has 0 fully saturated rings. The molecular formula is C62H55BN2S. The Morgan fingerprint density at radius 2 is 1.20 bits per heavy atom. The van der Waals surface area contributed by atoms with Crippen LogP contribution in [0.5, 0.6) is 0 Å². The first-order valence-corrected chi connectivity index (χ1v) is 24.7. The van der Waals surface area contributed by atoms with Gasteiger partial charge in [0.15, 0.2) is 7.28 Å². The van der Waals surface area contributed by atoms with Crippen LogP contribution in [-0.4, -0.2) is 11.8 Å². The van der Waals surface area contributed by atoms with Crippen LogP contribution in [0.25, 0.3) is 81.0 Å². The molecule has 2 nitrogen and oxygen atoms in total. The Morgan fingerprint density at radius 3 is 1.94 bits per heavy atom. The van der Waals surface area contributed by atoms with Crippen molar-refractivity contribution in [1.82, 2.24) is 4.57 Å². The minimum atomic E-state index is -0.277. The Balaban J connectivity index is 1.20. The summed E-state index contributed by atoms with van der Waals surface area (Å²) in [5.41, 5.74) is 25.2. The number of nitrogens with zero attached hydrogens (tertiary/aromatic N) is 1. The van der Waals surface area contributed by atoms with Gasteiger partial charge in [0.25, 0.3) is 0 Å². The summed E-state index contributed by atoms with van der Waals surface area (Å²) in [7, 11) is 0.838. The van der Waals surface area contributed by atoms with Crippen molar-refractivity contribution in [2.75, 3.05) is 5.32 Å². The zero-order valence-corrected chi connectivity index (χ0v) is 40.7. The summed E-state index contributed by atoms with van der Waals surface area (Å²) in [5, 5.41) is 9.46. The maximum Gasteiger partial charge on any atom is 0.198 e. The third-order valence-corrected chi connectivity index (χ3v) is 17.0. The number of hydrogen-bond donors (Lipinski definition) is 1. The molecule has 322 valence electrons. The molecule has 0 radical (unpaired) electrons. The molecule has 0 atom stereocenters. The van der Waals surface area contributed by atoms with Gasteiger partial charge in [-0.3, -0.25) is 0 Å². The summed E-state index contributed by atoms with van der Waals surface area (Å²) in [6, 6.07) is 54.1. The highest BCUT2D eigenvalue weighted by Crippen LogP contribution is 2.58. The summed E-state index contributed by atoms with van der Waals surface area (Å²) in [5.74, 6) is 0. The Kier molecular flexibility index (Phi) is 7.97. The zero-order valence-electron chi connectivity index (χ0n) is 39.8. The molecule has 1 aliphatic heterocycles. The molecule has 66 heavy (non-hydrogen) atoms. The minimum Gasteiger partial charge on any atom is -0.355 e. The first kappa shape index (κ1) is 40.0. The van der Waals surface area contributed by atoms with E-state index in [1.807, 2.05) is 11.3 Å². The van der Waals surface area contributed by atoms with Crippen molar-refractivity contribution >= 4 is 82.9 Å². The fourth-order valence-electron chi connectivity index (χ4n) is 12.4. The lowest BCUT2D eigenvalue weighted by atomic mass is 9.56. The fraction of sp³-hybridized carbons (Fsp3) is 0.226. The van der Waals surface area contributed by atoms with Gasteiger partial charge in [-0.15, -0.1) is 11.3 Å². The van der Waals surface area contributed by atoms with Crippen molar-refractivity contribution in [3.05, 3.63) is 173 Å². The molecule has 4 heteroatoms. The van der Waals surface area contributed by atoms with Crippen molar-refractivity contribution < 1.29 is 0 Å². The van der Waals surface area contributed by atoms with Crippen LogP contribution < -0.4 is 16.2 Å². The Hall–Kier alpha value is -6.36. The van der Waals surface area contributed by atoms with Gasteiger partial charge in [-0.1, -0.05) is 166 Å². The molecule has 10 aromatic rings. The van der Waals surface area contributed by atoms with Crippen LogP contribution in [0.1, 0.15) is 103 Å². The van der Waals surface area contributed by atoms with Gasteiger partial charge in [-0.25, -0.2) is 0 Å². The second-order valence-corrected chi connectivity index (χ2v) is 23.7. The van der Waals surface area contributed by atoms with Gasteiger partial charge in [0.1, 0.15) is 0 Å². The maximum atomic E-state index is 4.08. The zero-order chi connectivity index (χ0) is 45.4. The van der Waals surface area contributed by atoms with Gasteiger partial charge >= 0.3 is 0 Å². The van der Waals surface area contributed by atoms with Crippen LogP contribution in [0.4, 0.5) is 11.4 Å². The van der Waals surface area contributed by atoms with E-state index in [0.717, 1.165) is 18.7 Å². The largest absolute Gasteiger partial charge is 0.355 e. The third-order valence-electron chi connectivity index (χ3n) is 15.9. The monoisotopic (exact) mass is 870 g/mol. The highest BCUT2D eigenvalue weighted by atomic mass is 32.1. The fourth-order valence-corrected chi connectivity index (χ4v) is 13.5. The molecule has 0 spiro atoms. The number of thiophene rings is 1. The quantitative estimate of drug-likeness (QED) is 0.175. The number of anilines is 2. The topological polar surface area (TPSA) is 17.0 Å². The molecule has 13 rings (SSSR count). The maximum absolute atomic E-state index is 4.08. The van der Waals surface area contributed by atoms with E-state index in [-0.39, 0.29) is 21.7 Å². The Bertz CT molecular complexity index is 3770. The van der Waals surface area contributed by atoms with E-state index in [2.05, 4.69) is 219 Å². The van der Waals surface area contributed by atoms with Crippen molar-refractivity contribution in [3.8, 4) is 39.1 Å². The molecule has 3 heterocycles. The SMILES string of the molecule is CC(C)(C)c1ccc(Nc2cc3sc4ccccc4c3cc2-c2c3c(c4c5cc(C(C)(C)C)ccc5n5c4c2Bc2cc4c(cc2-5)-c2ccccc2C4(C)C)-c2ccccc2C3(C)C)cc1. The molecule has 0 saturated carbocycles. The van der Waals surface area contributed by atoms with Crippen molar-refractivity contribution in [2.45, 2.75) is 90.9 Å². The van der Waals surface area contributed by atoms with Crippen molar-refractivity contribution in [2.24, 2.45) is 0 Å². The van der Waals surface area contributed by atoms with Crippen molar-refractivity contribution in [1.29, 1.82) is 0 Å². The molecule has 0 amide bonds. The van der Waals surface area contributed by atoms with Gasteiger partial charge in [0.2, 0.25) is 0 Å². The Labute approximate surface area is 393 Å². The molecule has 2 aliphatic carbocycles. The van der Waals surface area contributed by atoms with E-state index in [9.17, 15) is 0 Å². The number of rotatable bonds is 3. The van der Waals surface area contributed by atoms with E-state index in [1.54, 1.807) is 0 Å². The van der Waals surface area contributed by atoms with Crippen LogP contribution in [0.3, 0.4) is 0 Å². The van der Waals surface area contributed by atoms with Crippen LogP contribution in [0, 0.1) is 0 Å². The van der Waals surface area contributed by atoms with Gasteiger partial charge in [-0.2, -0.15) is 0 Å². The van der Waals surface area contributed by atoms with E-state index >= 15 is 0 Å². The van der Waals surface area contributed by atoms with Gasteiger partial charge in [-0.05, 0) is 126 Å². The highest BCUT2D eigenvalue weighted by molar-refractivity contribution is 7.25. The number of fused-ring (bicyclic) bond motifs is 15. The summed E-state index contributed by atoms with van der Waals surface area (Å²) in [6.45, 7) is 23.7. The van der Waals surface area contributed by atoms with E-state index in [1.165, 1.54) is 125 Å². The molecule has 2 aromatic heterocycles. The standard InChI is InChI=1S/C62H55BN2S/c1-59(2,3)34-23-26-36(27-24-34)64-48-33-52-41(38-18-13-16-22-51(38)66-52)30-42(48)55-56-53(39-19-12-15-21-45(39)62(56,9)10)54-43-29-35(60(4,5)6)25-28-49(43)65-50-31-40-37-17-11-14-20-44(37)61(7,8)46(40)32-47(50)63-57(55)58(54)65/h11-33,63-64H,1-10H3. The second kappa shape index (κ2) is 13.2. The van der Waals surface area contributed by atoms with E-state index in [0.29, 0.717) is 0 Å². The third kappa shape index (κ3) is 5.37. The van der Waals surface area contributed by atoms with E-state index < -0.39 is 0 Å². The normalized spacial score (nSPS) is 15.2. The number of benzene rings is 8. The summed E-state index contributed by atoms with van der Waals surface area (Å²) < 4.78 is 5.31. The van der Waals surface area contributed by atoms with Crippen LogP contribution in [0.15, 0.2) is 140 Å². The molecular weight excluding hydrogens is 816 g/mol. The predicted octanol–water partition coefficient (Wildman–Crippen LogP) is 15.5. The number of nitrogens with one attached hydrogen (secondary N) is 1. The molecule has 8 aromatic carbocycles. The number of aromatic nitrogens is 1. The van der Waals surface area contributed by atoms with Gasteiger partial charge in [0, 0.05) is 69.9 Å². The average Bonchev–Trinajstić information content (AvgIpc) is 3.96. The lowest BCUT2D eigenvalue weighted by molar-refractivity contribution is 0.590. The van der Waals surface area contributed by atoms with Crippen LogP contribution in [-0.2, 0) is 21.7 Å². The smallest absolute Gasteiger partial charge is 0.198 e. The molecule has 3 aliphatic rings. The molecule has 1 N–H and O–H groups in total. The summed E-state index contributed by atoms with van der Waals surface area (Å²) in [4.78, 5) is 0. The second-order valence-electron chi connectivity index (χ2n) is 22.6. The van der Waals surface area contributed by atoms with Crippen LogP contribution >= 0.6 is 11.3 Å². The van der Waals surface area contributed by atoms with Crippen molar-refractivity contribution in [3.63, 3.8) is 0 Å². The first-order chi connectivity index (χ1) is 31.5. The van der Waals surface area contributed by atoms with Gasteiger partial charge in [0.05, 0.1) is 5.52 Å². The molecule has 0 bridgehead atoms. The lowest BCUT2D eigenvalue weighted by Crippen LogP contribution is -2.39. The summed E-state index contributed by atoms with van der Waals surface area (Å²) in [6.07, 6.45) is 0. The van der Waals surface area contributed by atoms with E-state index in [4.69, 9.17) is 0 Å². The highest BCUT2D eigenvalue weighted by Gasteiger charge is 2.44. The van der Waals surface area contributed by atoms with Gasteiger partial charge < -0.3 is 9.88 Å². The molecule has 0 saturated heterocycles. The summed E-state index contributed by atoms with van der Waals surface area (Å²) >= 11 is 1.90. The molecule has 0 unspecified atom stereocenters. The minimum absolute atomic E-state index is 0.00961. The van der Waals surface area contributed by atoms with Crippen LogP contribution in [0.2, 0.25) is 0 Å². The lowest BCUT2D eigenvalue weighted by Gasteiger charge is -2.31. The average molecular weight is 871 g/mol.